The fraction of sp³-hybridized carbons (Fsp3) is 0.125. The van der Waals surface area contributed by atoms with Crippen LogP contribution in [-0.2, 0) is 10.2 Å². The first-order valence-electron chi connectivity index (χ1n) is 4.50. The molecule has 18 heavy (non-hydrogen) atoms. The summed E-state index contributed by atoms with van der Waals surface area (Å²) in [5, 5.41) is 19.4. The summed E-state index contributed by atoms with van der Waals surface area (Å²) in [6.07, 6.45) is 0. The van der Waals surface area contributed by atoms with Crippen molar-refractivity contribution in [3.63, 3.8) is 0 Å². The van der Waals surface area contributed by atoms with Gasteiger partial charge in [0.25, 0.3) is 15.9 Å². The molecular formula is C8H9N3O6S. The average Bonchev–Trinajstić information content (AvgIpc) is 2.28. The Morgan fingerprint density at radius 3 is 2.50 bits per heavy atom. The van der Waals surface area contributed by atoms with E-state index in [9.17, 15) is 23.3 Å². The zero-order chi connectivity index (χ0) is 13.9. The molecule has 0 bridgehead atoms. The Morgan fingerprint density at radius 2 is 2.06 bits per heavy atom. The molecule has 0 radical (unpaired) electrons. The summed E-state index contributed by atoms with van der Waals surface area (Å²) < 4.78 is 26.2. The molecule has 0 unspecified atom stereocenters. The summed E-state index contributed by atoms with van der Waals surface area (Å²) in [5.41, 5.74) is -1.28. The van der Waals surface area contributed by atoms with Gasteiger partial charge in [0.15, 0.2) is 0 Å². The predicted molar refractivity (Wildman–Crippen MR) is 61.7 cm³/mol. The molecule has 0 atom stereocenters. The largest absolute Gasteiger partial charge is 0.478 e. The highest BCUT2D eigenvalue weighted by molar-refractivity contribution is 7.90. The van der Waals surface area contributed by atoms with Gasteiger partial charge in [-0.15, -0.1) is 0 Å². The van der Waals surface area contributed by atoms with Crippen LogP contribution in [0.2, 0.25) is 0 Å². The summed E-state index contributed by atoms with van der Waals surface area (Å²) in [6, 6.07) is 2.84. The number of rotatable bonds is 5. The van der Waals surface area contributed by atoms with E-state index in [2.05, 4.69) is 0 Å². The highest BCUT2D eigenvalue weighted by atomic mass is 32.2. The van der Waals surface area contributed by atoms with Gasteiger partial charge in [-0.25, -0.2) is 9.52 Å². The first kappa shape index (κ1) is 13.9. The van der Waals surface area contributed by atoms with E-state index in [0.29, 0.717) is 0 Å². The lowest BCUT2D eigenvalue weighted by Crippen LogP contribution is -2.26. The molecule has 98 valence electrons. The van der Waals surface area contributed by atoms with Gasteiger partial charge in [-0.3, -0.25) is 14.8 Å². The lowest BCUT2D eigenvalue weighted by Gasteiger charge is -2.07. The van der Waals surface area contributed by atoms with Crippen LogP contribution in [0.25, 0.3) is 0 Å². The Labute approximate surface area is 102 Å². The van der Waals surface area contributed by atoms with Crippen LogP contribution in [0.1, 0.15) is 10.4 Å². The maximum absolute atomic E-state index is 11.2. The average molecular weight is 275 g/mol. The number of benzene rings is 1. The van der Waals surface area contributed by atoms with E-state index in [-0.39, 0.29) is 11.3 Å². The highest BCUT2D eigenvalue weighted by Gasteiger charge is 2.20. The van der Waals surface area contributed by atoms with E-state index in [1.807, 2.05) is 9.44 Å². The molecule has 0 spiro atoms. The quantitative estimate of drug-likeness (QED) is 0.517. The fourth-order valence-corrected chi connectivity index (χ4v) is 1.66. The molecular weight excluding hydrogens is 266 g/mol. The van der Waals surface area contributed by atoms with E-state index in [0.717, 1.165) is 25.2 Å². The van der Waals surface area contributed by atoms with Gasteiger partial charge in [0, 0.05) is 13.1 Å². The number of nitro benzene ring substituents is 1. The van der Waals surface area contributed by atoms with Gasteiger partial charge < -0.3 is 5.11 Å². The second kappa shape index (κ2) is 4.98. The SMILES string of the molecule is CNS(=O)(=O)Nc1ccc(C(=O)O)cc1[N+](=O)[O-]. The first-order valence-corrected chi connectivity index (χ1v) is 5.98. The number of nitrogens with zero attached hydrogens (tertiary/aromatic N) is 1. The Morgan fingerprint density at radius 1 is 1.44 bits per heavy atom. The maximum Gasteiger partial charge on any atom is 0.335 e. The monoisotopic (exact) mass is 275 g/mol. The molecule has 10 heteroatoms. The number of carboxylic acid groups (broad SMARTS) is 1. The van der Waals surface area contributed by atoms with E-state index < -0.39 is 26.8 Å². The molecule has 0 heterocycles. The van der Waals surface area contributed by atoms with E-state index in [1.54, 1.807) is 0 Å². The number of anilines is 1. The fourth-order valence-electron chi connectivity index (χ4n) is 1.10. The number of carbonyl (C=O) groups is 1. The van der Waals surface area contributed by atoms with Gasteiger partial charge in [0.1, 0.15) is 5.69 Å². The van der Waals surface area contributed by atoms with Crippen molar-refractivity contribution in [2.24, 2.45) is 0 Å². The minimum absolute atomic E-state index is 0.311. The second-order valence-electron chi connectivity index (χ2n) is 3.10. The first-order chi connectivity index (χ1) is 8.26. The molecule has 1 rings (SSSR count). The third-order valence-corrected chi connectivity index (χ3v) is 2.98. The van der Waals surface area contributed by atoms with Crippen LogP contribution < -0.4 is 9.44 Å². The van der Waals surface area contributed by atoms with Crippen LogP contribution >= 0.6 is 0 Å². The van der Waals surface area contributed by atoms with Crippen molar-refractivity contribution in [1.29, 1.82) is 0 Å². The standard InChI is InChI=1S/C8H9N3O6S/c1-9-18(16,17)10-6-3-2-5(8(12)13)4-7(6)11(14)15/h2-4,9-10H,1H3,(H,12,13). The molecule has 0 amide bonds. The third-order valence-electron chi connectivity index (χ3n) is 1.95. The minimum atomic E-state index is -3.91. The number of nitro groups is 1. The van der Waals surface area contributed by atoms with Crippen LogP contribution in [0, 0.1) is 10.1 Å². The molecule has 0 aliphatic rings. The molecule has 0 fully saturated rings. The van der Waals surface area contributed by atoms with Gasteiger partial charge in [-0.1, -0.05) is 0 Å². The highest BCUT2D eigenvalue weighted by Crippen LogP contribution is 2.26. The van der Waals surface area contributed by atoms with Crippen molar-refractivity contribution in [1.82, 2.24) is 4.72 Å². The Balaban J connectivity index is 3.29. The number of hydrogen-bond donors (Lipinski definition) is 3. The van der Waals surface area contributed by atoms with Crippen molar-refractivity contribution in [3.8, 4) is 0 Å². The normalized spacial score (nSPS) is 10.9. The van der Waals surface area contributed by atoms with Crippen LogP contribution in [0.3, 0.4) is 0 Å². The predicted octanol–water partition coefficient (Wildman–Crippen LogP) is 0.169. The summed E-state index contributed by atoms with van der Waals surface area (Å²) in [5.74, 6) is -1.35. The Bertz CT molecular complexity index is 597. The van der Waals surface area contributed by atoms with Gasteiger partial charge >= 0.3 is 5.97 Å². The molecule has 0 saturated heterocycles. The molecule has 0 aliphatic heterocycles. The van der Waals surface area contributed by atoms with E-state index in [1.165, 1.54) is 0 Å². The topological polar surface area (TPSA) is 139 Å². The minimum Gasteiger partial charge on any atom is -0.478 e. The van der Waals surface area contributed by atoms with Gasteiger partial charge in [0.05, 0.1) is 10.5 Å². The van der Waals surface area contributed by atoms with Crippen molar-refractivity contribution in [2.45, 2.75) is 0 Å². The lowest BCUT2D eigenvalue weighted by molar-refractivity contribution is -0.383. The van der Waals surface area contributed by atoms with E-state index >= 15 is 0 Å². The van der Waals surface area contributed by atoms with Crippen LogP contribution in [-0.4, -0.2) is 31.5 Å². The number of aromatic carboxylic acids is 1. The number of hydrogen-bond acceptors (Lipinski definition) is 5. The smallest absolute Gasteiger partial charge is 0.335 e. The Kier molecular flexibility index (Phi) is 3.83. The van der Waals surface area contributed by atoms with Crippen LogP contribution in [0.4, 0.5) is 11.4 Å². The Hall–Kier alpha value is -2.20. The number of nitrogens with one attached hydrogen (secondary N) is 2. The summed E-state index contributed by atoms with van der Waals surface area (Å²) in [6.45, 7) is 0. The molecule has 0 aliphatic carbocycles. The molecule has 3 N–H and O–H groups in total. The summed E-state index contributed by atoms with van der Waals surface area (Å²) in [7, 11) is -2.79. The van der Waals surface area contributed by atoms with Gasteiger partial charge in [-0.2, -0.15) is 8.42 Å². The lowest BCUT2D eigenvalue weighted by atomic mass is 10.2. The molecule has 1 aromatic rings. The van der Waals surface area contributed by atoms with Gasteiger partial charge in [-0.05, 0) is 12.1 Å². The van der Waals surface area contributed by atoms with Crippen molar-refractivity contribution in [2.75, 3.05) is 11.8 Å². The second-order valence-corrected chi connectivity index (χ2v) is 4.72. The zero-order valence-electron chi connectivity index (χ0n) is 9.08. The van der Waals surface area contributed by atoms with Crippen molar-refractivity contribution < 1.29 is 23.2 Å². The molecule has 1 aromatic carbocycles. The molecule has 9 nitrogen and oxygen atoms in total. The number of carboxylic acids is 1. The summed E-state index contributed by atoms with van der Waals surface area (Å²) >= 11 is 0. The molecule has 0 saturated carbocycles. The van der Waals surface area contributed by atoms with Gasteiger partial charge in [0.2, 0.25) is 0 Å². The maximum atomic E-state index is 11.2. The zero-order valence-corrected chi connectivity index (χ0v) is 9.89. The summed E-state index contributed by atoms with van der Waals surface area (Å²) in [4.78, 5) is 20.5. The third kappa shape index (κ3) is 3.15. The van der Waals surface area contributed by atoms with Crippen LogP contribution in [0.5, 0.6) is 0 Å². The van der Waals surface area contributed by atoms with Crippen LogP contribution in [0.15, 0.2) is 18.2 Å². The van der Waals surface area contributed by atoms with Crippen molar-refractivity contribution >= 4 is 27.6 Å². The van der Waals surface area contributed by atoms with Crippen molar-refractivity contribution in [3.05, 3.63) is 33.9 Å². The molecule has 0 aromatic heterocycles. The van der Waals surface area contributed by atoms with E-state index in [4.69, 9.17) is 5.11 Å².